The normalized spacial score (nSPS) is 12.5. The zero-order valence-electron chi connectivity index (χ0n) is 6.77. The second-order valence-electron chi connectivity index (χ2n) is 2.33. The molecule has 1 N–H and O–H groups in total. The highest BCUT2D eigenvalue weighted by Crippen LogP contribution is 1.95. The minimum absolute atomic E-state index is 0.461. The maximum atomic E-state index is 3.74. The van der Waals surface area contributed by atoms with Gasteiger partial charge in [0, 0.05) is 12.6 Å². The first kappa shape index (κ1) is 9.44. The van der Waals surface area contributed by atoms with Crippen LogP contribution in [0.4, 0.5) is 0 Å². The third-order valence-corrected chi connectivity index (χ3v) is 1.41. The van der Waals surface area contributed by atoms with E-state index in [9.17, 15) is 0 Å². The highest BCUT2D eigenvalue weighted by molar-refractivity contribution is 4.87. The summed E-state index contributed by atoms with van der Waals surface area (Å²) in [6.07, 6.45) is 6.18. The topological polar surface area (TPSA) is 12.0 Å². The molecule has 0 saturated carbocycles. The molecule has 0 aliphatic rings. The monoisotopic (exact) mass is 139 g/mol. The lowest BCUT2D eigenvalue weighted by Gasteiger charge is -2.10. The standard InChI is InChI=1S/C9H17N/c1-4-7-9(6-3)10-8-5-2/h5-6,9-10H,2-4,7-8H2,1H3. The Bertz CT molecular complexity index is 96.9. The second-order valence-corrected chi connectivity index (χ2v) is 2.33. The van der Waals surface area contributed by atoms with E-state index in [4.69, 9.17) is 0 Å². The van der Waals surface area contributed by atoms with E-state index >= 15 is 0 Å². The Morgan fingerprint density at radius 1 is 1.50 bits per heavy atom. The molecular formula is C9H17N. The summed E-state index contributed by atoms with van der Waals surface area (Å²) in [5.74, 6) is 0. The number of hydrogen-bond acceptors (Lipinski definition) is 1. The number of hydrogen-bond donors (Lipinski definition) is 1. The van der Waals surface area contributed by atoms with Crippen LogP contribution < -0.4 is 5.32 Å². The summed E-state index contributed by atoms with van der Waals surface area (Å²) in [5.41, 5.74) is 0. The van der Waals surface area contributed by atoms with Crippen LogP contribution in [0.5, 0.6) is 0 Å². The van der Waals surface area contributed by atoms with E-state index < -0.39 is 0 Å². The van der Waals surface area contributed by atoms with Crippen molar-refractivity contribution in [1.29, 1.82) is 0 Å². The molecule has 0 aromatic carbocycles. The zero-order valence-corrected chi connectivity index (χ0v) is 6.77. The van der Waals surface area contributed by atoms with E-state index in [1.165, 1.54) is 6.42 Å². The molecule has 0 radical (unpaired) electrons. The fraction of sp³-hybridized carbons (Fsp3) is 0.556. The highest BCUT2D eigenvalue weighted by atomic mass is 14.9. The van der Waals surface area contributed by atoms with Crippen molar-refractivity contribution in [2.45, 2.75) is 25.8 Å². The van der Waals surface area contributed by atoms with Crippen molar-refractivity contribution in [3.8, 4) is 0 Å². The lowest BCUT2D eigenvalue weighted by molar-refractivity contribution is 0.582. The SMILES string of the molecule is C=CCNC(C=C)CCC. The van der Waals surface area contributed by atoms with Crippen molar-refractivity contribution in [3.63, 3.8) is 0 Å². The zero-order chi connectivity index (χ0) is 7.82. The van der Waals surface area contributed by atoms with E-state index in [2.05, 4.69) is 25.4 Å². The molecule has 0 aliphatic carbocycles. The van der Waals surface area contributed by atoms with Gasteiger partial charge in [0.05, 0.1) is 0 Å². The summed E-state index contributed by atoms with van der Waals surface area (Å²) in [6, 6.07) is 0.461. The second kappa shape index (κ2) is 6.56. The highest BCUT2D eigenvalue weighted by Gasteiger charge is 1.97. The quantitative estimate of drug-likeness (QED) is 0.556. The molecule has 1 unspecified atom stereocenters. The fourth-order valence-corrected chi connectivity index (χ4v) is 0.849. The third-order valence-electron chi connectivity index (χ3n) is 1.41. The molecule has 0 aromatic heterocycles. The van der Waals surface area contributed by atoms with E-state index in [0.717, 1.165) is 13.0 Å². The maximum absolute atomic E-state index is 3.74. The fourth-order valence-electron chi connectivity index (χ4n) is 0.849. The van der Waals surface area contributed by atoms with Crippen LogP contribution in [-0.2, 0) is 0 Å². The summed E-state index contributed by atoms with van der Waals surface area (Å²) >= 11 is 0. The summed E-state index contributed by atoms with van der Waals surface area (Å²) in [7, 11) is 0. The first-order valence-electron chi connectivity index (χ1n) is 3.82. The molecule has 1 heteroatoms. The Hall–Kier alpha value is -0.560. The molecule has 0 bridgehead atoms. The van der Waals surface area contributed by atoms with Gasteiger partial charge in [-0.1, -0.05) is 25.5 Å². The van der Waals surface area contributed by atoms with Crippen LogP contribution in [0, 0.1) is 0 Å². The van der Waals surface area contributed by atoms with Gasteiger partial charge in [0.1, 0.15) is 0 Å². The van der Waals surface area contributed by atoms with Crippen molar-refractivity contribution >= 4 is 0 Å². The van der Waals surface area contributed by atoms with Gasteiger partial charge in [0.15, 0.2) is 0 Å². The molecule has 0 aromatic rings. The van der Waals surface area contributed by atoms with Crippen LogP contribution >= 0.6 is 0 Å². The summed E-state index contributed by atoms with van der Waals surface area (Å²) in [6.45, 7) is 10.4. The molecule has 0 rings (SSSR count). The average molecular weight is 139 g/mol. The first-order chi connectivity index (χ1) is 4.85. The lowest BCUT2D eigenvalue weighted by atomic mass is 10.2. The van der Waals surface area contributed by atoms with Gasteiger partial charge in [-0.15, -0.1) is 13.2 Å². The van der Waals surface area contributed by atoms with Gasteiger partial charge < -0.3 is 5.32 Å². The van der Waals surface area contributed by atoms with E-state index in [0.29, 0.717) is 6.04 Å². The molecule has 10 heavy (non-hydrogen) atoms. The smallest absolute Gasteiger partial charge is 0.0250 e. The van der Waals surface area contributed by atoms with Crippen molar-refractivity contribution in [3.05, 3.63) is 25.3 Å². The van der Waals surface area contributed by atoms with Gasteiger partial charge in [0.25, 0.3) is 0 Å². The minimum atomic E-state index is 0.461. The molecule has 58 valence electrons. The minimum Gasteiger partial charge on any atom is -0.307 e. The Balaban J connectivity index is 3.38. The van der Waals surface area contributed by atoms with Crippen molar-refractivity contribution in [2.24, 2.45) is 0 Å². The summed E-state index contributed by atoms with van der Waals surface area (Å²) in [5, 5.41) is 3.28. The Morgan fingerprint density at radius 2 is 2.20 bits per heavy atom. The van der Waals surface area contributed by atoms with E-state index in [-0.39, 0.29) is 0 Å². The Labute approximate surface area is 63.8 Å². The van der Waals surface area contributed by atoms with Crippen LogP contribution in [0.3, 0.4) is 0 Å². The molecule has 0 fully saturated rings. The molecule has 0 heterocycles. The van der Waals surface area contributed by atoms with Crippen LogP contribution in [-0.4, -0.2) is 12.6 Å². The molecule has 0 spiro atoms. The van der Waals surface area contributed by atoms with Crippen LogP contribution in [0.2, 0.25) is 0 Å². The van der Waals surface area contributed by atoms with Crippen molar-refractivity contribution in [1.82, 2.24) is 5.32 Å². The predicted molar refractivity (Wildman–Crippen MR) is 47.1 cm³/mol. The van der Waals surface area contributed by atoms with Crippen LogP contribution in [0.25, 0.3) is 0 Å². The summed E-state index contributed by atoms with van der Waals surface area (Å²) in [4.78, 5) is 0. The molecule has 1 atom stereocenters. The van der Waals surface area contributed by atoms with Gasteiger partial charge in [-0.05, 0) is 6.42 Å². The largest absolute Gasteiger partial charge is 0.307 e. The van der Waals surface area contributed by atoms with E-state index in [1.807, 2.05) is 12.2 Å². The third kappa shape index (κ3) is 4.33. The van der Waals surface area contributed by atoms with E-state index in [1.54, 1.807) is 0 Å². The Kier molecular flexibility index (Phi) is 6.19. The van der Waals surface area contributed by atoms with Crippen LogP contribution in [0.15, 0.2) is 25.3 Å². The van der Waals surface area contributed by atoms with Gasteiger partial charge in [-0.3, -0.25) is 0 Å². The number of nitrogens with one attached hydrogen (secondary N) is 1. The van der Waals surface area contributed by atoms with Gasteiger partial charge >= 0.3 is 0 Å². The molecule has 0 amide bonds. The van der Waals surface area contributed by atoms with Crippen molar-refractivity contribution in [2.75, 3.05) is 6.54 Å². The molecular weight excluding hydrogens is 122 g/mol. The Morgan fingerprint density at radius 3 is 2.60 bits per heavy atom. The summed E-state index contributed by atoms with van der Waals surface area (Å²) < 4.78 is 0. The molecule has 0 aliphatic heterocycles. The maximum Gasteiger partial charge on any atom is 0.0250 e. The average Bonchev–Trinajstić information content (AvgIpc) is 1.98. The molecule has 1 nitrogen and oxygen atoms in total. The van der Waals surface area contributed by atoms with Crippen LogP contribution in [0.1, 0.15) is 19.8 Å². The van der Waals surface area contributed by atoms with Gasteiger partial charge in [0.2, 0.25) is 0 Å². The van der Waals surface area contributed by atoms with Crippen molar-refractivity contribution < 1.29 is 0 Å². The molecule has 0 saturated heterocycles. The lowest BCUT2D eigenvalue weighted by Crippen LogP contribution is -2.26. The predicted octanol–water partition coefficient (Wildman–Crippen LogP) is 2.12. The van der Waals surface area contributed by atoms with Gasteiger partial charge in [-0.25, -0.2) is 0 Å². The number of rotatable bonds is 6. The van der Waals surface area contributed by atoms with Gasteiger partial charge in [-0.2, -0.15) is 0 Å². The first-order valence-corrected chi connectivity index (χ1v) is 3.82.